The molecular weight excluding hydrogens is 326 g/mol. The van der Waals surface area contributed by atoms with Gasteiger partial charge >= 0.3 is 6.03 Å². The molecule has 2 atom stereocenters. The summed E-state index contributed by atoms with van der Waals surface area (Å²) in [6.07, 6.45) is 2.77. The van der Waals surface area contributed by atoms with Crippen molar-refractivity contribution >= 4 is 6.03 Å². The number of amides is 2. The lowest BCUT2D eigenvalue weighted by Crippen LogP contribution is -2.48. The second-order valence-electron chi connectivity index (χ2n) is 7.78. The lowest BCUT2D eigenvalue weighted by molar-refractivity contribution is 0.0652. The molecule has 0 aliphatic carbocycles. The smallest absolute Gasteiger partial charge is 0.315 e. The third-order valence-electron chi connectivity index (χ3n) is 5.00. The van der Waals surface area contributed by atoms with Crippen molar-refractivity contribution in [2.45, 2.75) is 65.8 Å². The Kier molecular flexibility index (Phi) is 8.39. The van der Waals surface area contributed by atoms with E-state index in [0.29, 0.717) is 25.7 Å². The zero-order valence-electron chi connectivity index (χ0n) is 16.8. The standard InChI is InChI=1S/C21H35N3O2/c1-16(2)26-15-20-10-6-5-9-19(20)13-23-21(25)22-12-18(4)24-11-7-8-17(3)14-24/h5-6,9-10,16-18H,7-8,11-15H2,1-4H3,(H2,22,23,25). The van der Waals surface area contributed by atoms with Crippen LogP contribution in [0, 0.1) is 5.92 Å². The summed E-state index contributed by atoms with van der Waals surface area (Å²) in [4.78, 5) is 14.7. The van der Waals surface area contributed by atoms with Crippen molar-refractivity contribution in [1.29, 1.82) is 0 Å². The summed E-state index contributed by atoms with van der Waals surface area (Å²) in [6.45, 7) is 12.6. The summed E-state index contributed by atoms with van der Waals surface area (Å²) < 4.78 is 5.70. The number of nitrogens with one attached hydrogen (secondary N) is 2. The maximum Gasteiger partial charge on any atom is 0.315 e. The number of carbonyl (C=O) groups excluding carboxylic acids is 1. The Balaban J connectivity index is 1.75. The number of ether oxygens (including phenoxy) is 1. The van der Waals surface area contributed by atoms with E-state index in [1.807, 2.05) is 32.0 Å². The van der Waals surface area contributed by atoms with Crippen molar-refractivity contribution in [2.75, 3.05) is 19.6 Å². The minimum atomic E-state index is -0.110. The molecule has 2 amide bonds. The Hall–Kier alpha value is -1.59. The van der Waals surface area contributed by atoms with Gasteiger partial charge in [0.1, 0.15) is 0 Å². The predicted molar refractivity (Wildman–Crippen MR) is 106 cm³/mol. The summed E-state index contributed by atoms with van der Waals surface area (Å²) in [5.74, 6) is 0.754. The van der Waals surface area contributed by atoms with Crippen molar-refractivity contribution in [3.05, 3.63) is 35.4 Å². The molecule has 2 unspecified atom stereocenters. The highest BCUT2D eigenvalue weighted by Gasteiger charge is 2.21. The number of hydrogen-bond acceptors (Lipinski definition) is 3. The number of urea groups is 1. The quantitative estimate of drug-likeness (QED) is 0.745. The highest BCUT2D eigenvalue weighted by molar-refractivity contribution is 5.73. The van der Waals surface area contributed by atoms with E-state index < -0.39 is 0 Å². The molecule has 0 radical (unpaired) electrons. The molecule has 1 aliphatic rings. The maximum absolute atomic E-state index is 12.2. The normalized spacial score (nSPS) is 19.3. The minimum Gasteiger partial charge on any atom is -0.374 e. The third-order valence-corrected chi connectivity index (χ3v) is 5.00. The first-order chi connectivity index (χ1) is 12.5. The molecule has 0 spiro atoms. The Bertz CT molecular complexity index is 562. The van der Waals surface area contributed by atoms with Crippen LogP contribution in [0.15, 0.2) is 24.3 Å². The highest BCUT2D eigenvalue weighted by atomic mass is 16.5. The van der Waals surface area contributed by atoms with Crippen LogP contribution < -0.4 is 10.6 Å². The SMILES string of the molecule is CC1CCCN(C(C)CNC(=O)NCc2ccccc2COC(C)C)C1. The largest absolute Gasteiger partial charge is 0.374 e. The number of piperidine rings is 1. The van der Waals surface area contributed by atoms with Crippen LogP contribution in [0.25, 0.3) is 0 Å². The van der Waals surface area contributed by atoms with Crippen LogP contribution >= 0.6 is 0 Å². The van der Waals surface area contributed by atoms with Crippen molar-refractivity contribution in [3.63, 3.8) is 0 Å². The molecule has 1 saturated heterocycles. The Labute approximate surface area is 158 Å². The molecule has 0 aromatic heterocycles. The summed E-state index contributed by atoms with van der Waals surface area (Å²) >= 11 is 0. The van der Waals surface area contributed by atoms with Gasteiger partial charge in [0.05, 0.1) is 12.7 Å². The van der Waals surface area contributed by atoms with Gasteiger partial charge in [-0.15, -0.1) is 0 Å². The fraction of sp³-hybridized carbons (Fsp3) is 0.667. The topological polar surface area (TPSA) is 53.6 Å². The zero-order valence-corrected chi connectivity index (χ0v) is 16.8. The monoisotopic (exact) mass is 361 g/mol. The van der Waals surface area contributed by atoms with Gasteiger partial charge < -0.3 is 15.4 Å². The van der Waals surface area contributed by atoms with Gasteiger partial charge in [0.2, 0.25) is 0 Å². The van der Waals surface area contributed by atoms with E-state index in [-0.39, 0.29) is 12.1 Å². The number of hydrogen-bond donors (Lipinski definition) is 2. The molecule has 5 heteroatoms. The van der Waals surface area contributed by atoms with E-state index in [0.717, 1.165) is 30.1 Å². The second kappa shape index (κ2) is 10.5. The molecule has 1 aromatic carbocycles. The third kappa shape index (κ3) is 6.96. The van der Waals surface area contributed by atoms with Gasteiger partial charge in [-0.3, -0.25) is 4.90 Å². The zero-order chi connectivity index (χ0) is 18.9. The van der Waals surface area contributed by atoms with Gasteiger partial charge in [-0.25, -0.2) is 4.79 Å². The number of nitrogens with zero attached hydrogens (tertiary/aromatic N) is 1. The summed E-state index contributed by atoms with van der Waals surface area (Å²) in [7, 11) is 0. The molecular formula is C21H35N3O2. The van der Waals surface area contributed by atoms with Crippen LogP contribution in [-0.2, 0) is 17.9 Å². The number of carbonyl (C=O) groups is 1. The van der Waals surface area contributed by atoms with E-state index in [4.69, 9.17) is 4.74 Å². The fourth-order valence-corrected chi connectivity index (χ4v) is 3.36. The van der Waals surface area contributed by atoms with E-state index in [2.05, 4.69) is 35.4 Å². The molecule has 5 nitrogen and oxygen atoms in total. The molecule has 1 aromatic rings. The number of likely N-dealkylation sites (tertiary alicyclic amines) is 1. The van der Waals surface area contributed by atoms with Crippen molar-refractivity contribution in [3.8, 4) is 0 Å². The first-order valence-corrected chi connectivity index (χ1v) is 9.89. The van der Waals surface area contributed by atoms with Crippen LogP contribution in [0.2, 0.25) is 0 Å². The molecule has 1 aliphatic heterocycles. The first-order valence-electron chi connectivity index (χ1n) is 9.89. The second-order valence-corrected chi connectivity index (χ2v) is 7.78. The number of rotatable bonds is 8. The molecule has 1 fully saturated rings. The Morgan fingerprint density at radius 1 is 1.23 bits per heavy atom. The minimum absolute atomic E-state index is 0.110. The lowest BCUT2D eigenvalue weighted by atomic mass is 9.99. The van der Waals surface area contributed by atoms with Gasteiger partial charge in [0.25, 0.3) is 0 Å². The molecule has 0 bridgehead atoms. The van der Waals surface area contributed by atoms with Crippen LogP contribution in [0.1, 0.15) is 51.7 Å². The van der Waals surface area contributed by atoms with Crippen LogP contribution in [-0.4, -0.2) is 42.7 Å². The molecule has 26 heavy (non-hydrogen) atoms. The van der Waals surface area contributed by atoms with Crippen LogP contribution in [0.3, 0.4) is 0 Å². The maximum atomic E-state index is 12.2. The summed E-state index contributed by atoms with van der Waals surface area (Å²) in [5.41, 5.74) is 2.22. The van der Waals surface area contributed by atoms with Gasteiger partial charge in [-0.1, -0.05) is 31.2 Å². The first kappa shape index (κ1) is 20.7. The van der Waals surface area contributed by atoms with Gasteiger partial charge in [-0.05, 0) is 57.2 Å². The summed E-state index contributed by atoms with van der Waals surface area (Å²) in [5, 5.41) is 5.98. The van der Waals surface area contributed by atoms with Crippen LogP contribution in [0.5, 0.6) is 0 Å². The number of benzene rings is 1. The van der Waals surface area contributed by atoms with Gasteiger partial charge in [0.15, 0.2) is 0 Å². The molecule has 2 N–H and O–H groups in total. The predicted octanol–water partition coefficient (Wildman–Crippen LogP) is 3.53. The molecule has 1 heterocycles. The average Bonchev–Trinajstić information content (AvgIpc) is 2.63. The summed E-state index contributed by atoms with van der Waals surface area (Å²) in [6, 6.07) is 8.35. The molecule has 146 valence electrons. The molecule has 2 rings (SSSR count). The van der Waals surface area contributed by atoms with E-state index in [9.17, 15) is 4.79 Å². The lowest BCUT2D eigenvalue weighted by Gasteiger charge is -2.35. The Morgan fingerprint density at radius 2 is 1.96 bits per heavy atom. The van der Waals surface area contributed by atoms with Gasteiger partial charge in [0, 0.05) is 25.7 Å². The van der Waals surface area contributed by atoms with Crippen LogP contribution in [0.4, 0.5) is 4.79 Å². The van der Waals surface area contributed by atoms with E-state index in [1.54, 1.807) is 0 Å². The van der Waals surface area contributed by atoms with E-state index >= 15 is 0 Å². The fourth-order valence-electron chi connectivity index (χ4n) is 3.36. The Morgan fingerprint density at radius 3 is 2.65 bits per heavy atom. The van der Waals surface area contributed by atoms with Gasteiger partial charge in [-0.2, -0.15) is 0 Å². The highest BCUT2D eigenvalue weighted by Crippen LogP contribution is 2.17. The molecule has 0 saturated carbocycles. The van der Waals surface area contributed by atoms with Crippen molar-refractivity contribution in [1.82, 2.24) is 15.5 Å². The van der Waals surface area contributed by atoms with Crippen molar-refractivity contribution in [2.24, 2.45) is 5.92 Å². The van der Waals surface area contributed by atoms with Crippen molar-refractivity contribution < 1.29 is 9.53 Å². The van der Waals surface area contributed by atoms with E-state index in [1.165, 1.54) is 12.8 Å². The average molecular weight is 362 g/mol.